The summed E-state index contributed by atoms with van der Waals surface area (Å²) in [6.07, 6.45) is 1.07. The number of anilines is 1. The molecule has 8 heteroatoms. The van der Waals surface area contributed by atoms with Crippen molar-refractivity contribution in [3.63, 3.8) is 0 Å². The summed E-state index contributed by atoms with van der Waals surface area (Å²) >= 11 is 1.13. The zero-order valence-electron chi connectivity index (χ0n) is 12.1. The fourth-order valence-electron chi connectivity index (χ4n) is 2.61. The van der Waals surface area contributed by atoms with Gasteiger partial charge in [0.1, 0.15) is 16.1 Å². The van der Waals surface area contributed by atoms with Gasteiger partial charge in [-0.25, -0.2) is 12.8 Å². The van der Waals surface area contributed by atoms with E-state index in [1.165, 1.54) is 28.6 Å². The highest BCUT2D eigenvalue weighted by Crippen LogP contribution is 2.29. The average Bonchev–Trinajstić information content (AvgIpc) is 3.19. The van der Waals surface area contributed by atoms with Crippen molar-refractivity contribution >= 4 is 33.0 Å². The van der Waals surface area contributed by atoms with Crippen molar-refractivity contribution in [1.29, 1.82) is 0 Å². The minimum absolute atomic E-state index is 0.225. The predicted octanol–water partition coefficient (Wildman–Crippen LogP) is 2.68. The number of sulfonamides is 1. The molecular weight excluding hydrogens is 339 g/mol. The summed E-state index contributed by atoms with van der Waals surface area (Å²) in [7, 11) is -3.67. The van der Waals surface area contributed by atoms with Gasteiger partial charge < -0.3 is 5.32 Å². The second-order valence-corrected chi connectivity index (χ2v) is 8.27. The molecule has 1 saturated heterocycles. The Kier molecular flexibility index (Phi) is 4.47. The number of halogens is 1. The van der Waals surface area contributed by atoms with Gasteiger partial charge in [0.15, 0.2) is 0 Å². The maximum Gasteiger partial charge on any atom is 0.253 e. The summed E-state index contributed by atoms with van der Waals surface area (Å²) in [6.45, 7) is 0.307. The molecule has 0 spiro atoms. The molecule has 122 valence electrons. The van der Waals surface area contributed by atoms with E-state index in [2.05, 4.69) is 5.32 Å². The lowest BCUT2D eigenvalue weighted by Gasteiger charge is -2.22. The van der Waals surface area contributed by atoms with Crippen LogP contribution in [0.5, 0.6) is 0 Å². The van der Waals surface area contributed by atoms with E-state index in [1.807, 2.05) is 0 Å². The Morgan fingerprint density at radius 3 is 2.83 bits per heavy atom. The molecule has 5 nitrogen and oxygen atoms in total. The Morgan fingerprint density at radius 2 is 2.13 bits per heavy atom. The number of nitrogens with one attached hydrogen (secondary N) is 1. The molecule has 1 aliphatic heterocycles. The predicted molar refractivity (Wildman–Crippen MR) is 86.3 cm³/mol. The summed E-state index contributed by atoms with van der Waals surface area (Å²) in [6, 6.07) is 7.94. The van der Waals surface area contributed by atoms with Crippen molar-refractivity contribution in [3.05, 3.63) is 47.6 Å². The standard InChI is InChI=1S/C15H15FN2O3S2/c16-11-4-1-5-12(10-11)17-15(19)13-6-2-8-18(13)23(20,21)14-7-3-9-22-14/h1,3-5,7,9-10,13H,2,6,8H2,(H,17,19). The maximum atomic E-state index is 13.2. The third-order valence-electron chi connectivity index (χ3n) is 3.66. The lowest BCUT2D eigenvalue weighted by molar-refractivity contribution is -0.119. The first kappa shape index (κ1) is 16.1. The number of rotatable bonds is 4. The van der Waals surface area contributed by atoms with Crippen molar-refractivity contribution in [1.82, 2.24) is 4.31 Å². The van der Waals surface area contributed by atoms with Crippen LogP contribution in [-0.2, 0) is 14.8 Å². The summed E-state index contributed by atoms with van der Waals surface area (Å²) in [5.41, 5.74) is 0.315. The monoisotopic (exact) mass is 354 g/mol. The first-order valence-electron chi connectivity index (χ1n) is 7.10. The van der Waals surface area contributed by atoms with Gasteiger partial charge in [-0.3, -0.25) is 4.79 Å². The molecule has 1 aliphatic rings. The first-order valence-corrected chi connectivity index (χ1v) is 9.42. The van der Waals surface area contributed by atoms with Crippen LogP contribution in [0.25, 0.3) is 0 Å². The number of nitrogens with zero attached hydrogens (tertiary/aromatic N) is 1. The van der Waals surface area contributed by atoms with E-state index in [4.69, 9.17) is 0 Å². The van der Waals surface area contributed by atoms with Gasteiger partial charge in [-0.2, -0.15) is 4.31 Å². The molecule has 2 aromatic rings. The van der Waals surface area contributed by atoms with Crippen molar-refractivity contribution in [2.24, 2.45) is 0 Å². The molecule has 0 saturated carbocycles. The van der Waals surface area contributed by atoms with E-state index in [-0.39, 0.29) is 4.21 Å². The van der Waals surface area contributed by atoms with Crippen LogP contribution in [0.2, 0.25) is 0 Å². The third-order valence-corrected chi connectivity index (χ3v) is 6.94. The number of benzene rings is 1. The van der Waals surface area contributed by atoms with Gasteiger partial charge in [-0.1, -0.05) is 12.1 Å². The fourth-order valence-corrected chi connectivity index (χ4v) is 5.38. The number of carbonyl (C=O) groups excluding carboxylic acids is 1. The third kappa shape index (κ3) is 3.29. The van der Waals surface area contributed by atoms with E-state index in [1.54, 1.807) is 17.5 Å². The normalized spacial score (nSPS) is 18.9. The molecule has 3 rings (SSSR count). The van der Waals surface area contributed by atoms with E-state index in [0.717, 1.165) is 11.3 Å². The molecule has 1 atom stereocenters. The zero-order valence-corrected chi connectivity index (χ0v) is 13.7. The Hall–Kier alpha value is -1.77. The number of thiophene rings is 1. The Bertz CT molecular complexity index is 806. The largest absolute Gasteiger partial charge is 0.325 e. The van der Waals surface area contributed by atoms with Crippen molar-refractivity contribution in [2.75, 3.05) is 11.9 Å². The van der Waals surface area contributed by atoms with Crippen LogP contribution in [0.4, 0.5) is 10.1 Å². The summed E-state index contributed by atoms with van der Waals surface area (Å²) < 4.78 is 39.9. The van der Waals surface area contributed by atoms with Crippen molar-refractivity contribution in [3.8, 4) is 0 Å². The number of hydrogen-bond donors (Lipinski definition) is 1. The summed E-state index contributed by atoms with van der Waals surface area (Å²) in [5.74, 6) is -0.898. The Morgan fingerprint density at radius 1 is 1.30 bits per heavy atom. The van der Waals surface area contributed by atoms with Crippen molar-refractivity contribution < 1.29 is 17.6 Å². The molecule has 0 aliphatic carbocycles. The SMILES string of the molecule is O=C(Nc1cccc(F)c1)C1CCCN1S(=O)(=O)c1cccs1. The highest BCUT2D eigenvalue weighted by Gasteiger charge is 2.39. The van der Waals surface area contributed by atoms with Gasteiger partial charge in [0.2, 0.25) is 5.91 Å². The first-order chi connectivity index (χ1) is 11.0. The maximum absolute atomic E-state index is 13.2. The molecular formula is C15H15FN2O3S2. The van der Waals surface area contributed by atoms with E-state index >= 15 is 0 Å². The molecule has 0 bridgehead atoms. The van der Waals surface area contributed by atoms with Crippen LogP contribution in [0, 0.1) is 5.82 Å². The zero-order chi connectivity index (χ0) is 16.4. The minimum Gasteiger partial charge on any atom is -0.325 e. The average molecular weight is 354 g/mol. The van der Waals surface area contributed by atoms with Gasteiger partial charge in [-0.05, 0) is 42.5 Å². The molecule has 1 aromatic heterocycles. The van der Waals surface area contributed by atoms with Crippen LogP contribution in [-0.4, -0.2) is 31.2 Å². The molecule has 1 unspecified atom stereocenters. The van der Waals surface area contributed by atoms with Gasteiger partial charge in [0, 0.05) is 12.2 Å². The summed E-state index contributed by atoms with van der Waals surface area (Å²) in [5, 5.41) is 4.28. The van der Waals surface area contributed by atoms with Gasteiger partial charge >= 0.3 is 0 Å². The number of hydrogen-bond acceptors (Lipinski definition) is 4. The Balaban J connectivity index is 1.80. The molecule has 23 heavy (non-hydrogen) atoms. The lowest BCUT2D eigenvalue weighted by atomic mass is 10.2. The second-order valence-electron chi connectivity index (χ2n) is 5.21. The molecule has 1 fully saturated rings. The van der Waals surface area contributed by atoms with Gasteiger partial charge in [0.05, 0.1) is 0 Å². The highest BCUT2D eigenvalue weighted by molar-refractivity contribution is 7.91. The van der Waals surface area contributed by atoms with Crippen LogP contribution < -0.4 is 5.32 Å². The van der Waals surface area contributed by atoms with Gasteiger partial charge in [0.25, 0.3) is 10.0 Å². The molecule has 1 N–H and O–H groups in total. The van der Waals surface area contributed by atoms with E-state index < -0.39 is 27.8 Å². The second kappa shape index (κ2) is 6.38. The fraction of sp³-hybridized carbons (Fsp3) is 0.267. The molecule has 2 heterocycles. The summed E-state index contributed by atoms with van der Waals surface area (Å²) in [4.78, 5) is 12.4. The van der Waals surface area contributed by atoms with Crippen LogP contribution in [0.3, 0.4) is 0 Å². The van der Waals surface area contributed by atoms with Gasteiger partial charge in [-0.15, -0.1) is 11.3 Å². The smallest absolute Gasteiger partial charge is 0.253 e. The molecule has 1 amide bonds. The van der Waals surface area contributed by atoms with Crippen LogP contribution in [0.1, 0.15) is 12.8 Å². The van der Waals surface area contributed by atoms with Crippen LogP contribution in [0.15, 0.2) is 46.0 Å². The van der Waals surface area contributed by atoms with Crippen LogP contribution >= 0.6 is 11.3 Å². The Labute approximate surface area is 137 Å². The number of carbonyl (C=O) groups is 1. The quantitative estimate of drug-likeness (QED) is 0.918. The van der Waals surface area contributed by atoms with E-state index in [0.29, 0.717) is 25.1 Å². The number of amides is 1. The highest BCUT2D eigenvalue weighted by atomic mass is 32.2. The van der Waals surface area contributed by atoms with E-state index in [9.17, 15) is 17.6 Å². The van der Waals surface area contributed by atoms with Crippen molar-refractivity contribution in [2.45, 2.75) is 23.1 Å². The molecule has 0 radical (unpaired) electrons. The topological polar surface area (TPSA) is 66.5 Å². The lowest BCUT2D eigenvalue weighted by Crippen LogP contribution is -2.42. The molecule has 1 aromatic carbocycles. The minimum atomic E-state index is -3.67.